The SMILES string of the molecule is C/C(=N\OCCN)c1cccc(C(F)(F)F)c1. The Labute approximate surface area is 97.1 Å². The van der Waals surface area contributed by atoms with Gasteiger partial charge in [0.1, 0.15) is 6.61 Å². The zero-order valence-electron chi connectivity index (χ0n) is 9.29. The van der Waals surface area contributed by atoms with Crippen molar-refractivity contribution in [3.63, 3.8) is 0 Å². The summed E-state index contributed by atoms with van der Waals surface area (Å²) in [5, 5.41) is 3.68. The minimum Gasteiger partial charge on any atom is -0.394 e. The minimum absolute atomic E-state index is 0.232. The van der Waals surface area contributed by atoms with E-state index in [1.807, 2.05) is 0 Å². The van der Waals surface area contributed by atoms with Gasteiger partial charge in [-0.1, -0.05) is 17.3 Å². The number of nitrogens with two attached hydrogens (primary N) is 1. The van der Waals surface area contributed by atoms with Crippen molar-refractivity contribution in [2.75, 3.05) is 13.2 Å². The summed E-state index contributed by atoms with van der Waals surface area (Å²) in [6, 6.07) is 4.92. The van der Waals surface area contributed by atoms with Gasteiger partial charge < -0.3 is 10.6 Å². The Morgan fingerprint density at radius 1 is 1.41 bits per heavy atom. The van der Waals surface area contributed by atoms with Gasteiger partial charge in [0.05, 0.1) is 11.3 Å². The Balaban J connectivity index is 2.88. The first-order chi connectivity index (χ1) is 7.95. The molecule has 94 valence electrons. The third-order valence-corrected chi connectivity index (χ3v) is 2.02. The summed E-state index contributed by atoms with van der Waals surface area (Å²) in [6.07, 6.45) is -4.35. The maximum absolute atomic E-state index is 12.5. The molecule has 2 N–H and O–H groups in total. The van der Waals surface area contributed by atoms with Gasteiger partial charge in [0, 0.05) is 6.54 Å². The van der Waals surface area contributed by atoms with Crippen LogP contribution in [0.15, 0.2) is 29.4 Å². The second-order valence-electron chi connectivity index (χ2n) is 3.38. The molecule has 0 spiro atoms. The fraction of sp³-hybridized carbons (Fsp3) is 0.364. The Kier molecular flexibility index (Phi) is 4.51. The molecule has 0 heterocycles. The Bertz CT molecular complexity index is 402. The van der Waals surface area contributed by atoms with E-state index in [2.05, 4.69) is 5.16 Å². The molecule has 0 bridgehead atoms. The van der Waals surface area contributed by atoms with Crippen LogP contribution in [-0.4, -0.2) is 18.9 Å². The van der Waals surface area contributed by atoms with Crippen molar-refractivity contribution in [1.29, 1.82) is 0 Å². The number of halogens is 3. The molecular formula is C11H13F3N2O. The topological polar surface area (TPSA) is 47.6 Å². The Morgan fingerprint density at radius 2 is 2.12 bits per heavy atom. The highest BCUT2D eigenvalue weighted by molar-refractivity contribution is 5.98. The lowest BCUT2D eigenvalue weighted by atomic mass is 10.1. The molecule has 0 saturated carbocycles. The summed E-state index contributed by atoms with van der Waals surface area (Å²) in [4.78, 5) is 4.81. The first-order valence-corrected chi connectivity index (χ1v) is 4.99. The maximum atomic E-state index is 12.5. The lowest BCUT2D eigenvalue weighted by Crippen LogP contribution is -2.08. The van der Waals surface area contributed by atoms with Crippen LogP contribution < -0.4 is 5.73 Å². The maximum Gasteiger partial charge on any atom is 0.416 e. The van der Waals surface area contributed by atoms with Gasteiger partial charge in [0.2, 0.25) is 0 Å². The molecule has 0 aliphatic rings. The van der Waals surface area contributed by atoms with Crippen LogP contribution >= 0.6 is 0 Å². The van der Waals surface area contributed by atoms with Gasteiger partial charge in [0.15, 0.2) is 0 Å². The van der Waals surface area contributed by atoms with E-state index >= 15 is 0 Å². The highest BCUT2D eigenvalue weighted by Gasteiger charge is 2.30. The molecule has 0 fully saturated rings. The molecule has 0 aliphatic heterocycles. The van der Waals surface area contributed by atoms with E-state index in [9.17, 15) is 13.2 Å². The molecule has 6 heteroatoms. The molecule has 0 saturated heterocycles. The highest BCUT2D eigenvalue weighted by atomic mass is 19.4. The lowest BCUT2D eigenvalue weighted by Gasteiger charge is -2.08. The molecule has 0 unspecified atom stereocenters. The third kappa shape index (κ3) is 4.07. The van der Waals surface area contributed by atoms with Gasteiger partial charge >= 0.3 is 6.18 Å². The van der Waals surface area contributed by atoms with Crippen LogP contribution in [0.4, 0.5) is 13.2 Å². The number of benzene rings is 1. The Morgan fingerprint density at radius 3 is 2.71 bits per heavy atom. The predicted octanol–water partition coefficient (Wildman–Crippen LogP) is 2.40. The van der Waals surface area contributed by atoms with Crippen molar-refractivity contribution in [1.82, 2.24) is 0 Å². The lowest BCUT2D eigenvalue weighted by molar-refractivity contribution is -0.137. The van der Waals surface area contributed by atoms with E-state index in [4.69, 9.17) is 10.6 Å². The normalized spacial score (nSPS) is 12.6. The number of oxime groups is 1. The fourth-order valence-electron chi connectivity index (χ4n) is 1.17. The van der Waals surface area contributed by atoms with Gasteiger partial charge in [-0.15, -0.1) is 0 Å². The molecule has 1 aromatic carbocycles. The van der Waals surface area contributed by atoms with Crippen molar-refractivity contribution in [2.45, 2.75) is 13.1 Å². The third-order valence-electron chi connectivity index (χ3n) is 2.02. The number of hydrogen-bond acceptors (Lipinski definition) is 3. The summed E-state index contributed by atoms with van der Waals surface area (Å²) >= 11 is 0. The summed E-state index contributed by atoms with van der Waals surface area (Å²) in [7, 11) is 0. The molecule has 0 amide bonds. The molecule has 1 rings (SSSR count). The number of rotatable bonds is 4. The van der Waals surface area contributed by atoms with Gasteiger partial charge in [-0.05, 0) is 24.6 Å². The van der Waals surface area contributed by atoms with Crippen molar-refractivity contribution >= 4 is 5.71 Å². The average molecular weight is 246 g/mol. The van der Waals surface area contributed by atoms with E-state index in [1.54, 1.807) is 13.0 Å². The highest BCUT2D eigenvalue weighted by Crippen LogP contribution is 2.29. The second kappa shape index (κ2) is 5.67. The number of hydrogen-bond donors (Lipinski definition) is 1. The number of nitrogens with zero attached hydrogens (tertiary/aromatic N) is 1. The first kappa shape index (κ1) is 13.5. The van der Waals surface area contributed by atoms with E-state index in [0.29, 0.717) is 17.8 Å². The zero-order valence-corrected chi connectivity index (χ0v) is 9.29. The molecule has 0 radical (unpaired) electrons. The fourth-order valence-corrected chi connectivity index (χ4v) is 1.17. The van der Waals surface area contributed by atoms with E-state index in [1.165, 1.54) is 6.07 Å². The smallest absolute Gasteiger partial charge is 0.394 e. The van der Waals surface area contributed by atoms with Crippen LogP contribution in [0.1, 0.15) is 18.1 Å². The Hall–Kier alpha value is -1.56. The van der Waals surface area contributed by atoms with Gasteiger partial charge in [-0.25, -0.2) is 0 Å². The quantitative estimate of drug-likeness (QED) is 0.504. The monoisotopic (exact) mass is 246 g/mol. The molecule has 3 nitrogen and oxygen atoms in total. The molecule has 1 aromatic rings. The van der Waals surface area contributed by atoms with Crippen LogP contribution in [0.3, 0.4) is 0 Å². The van der Waals surface area contributed by atoms with Gasteiger partial charge in [-0.2, -0.15) is 13.2 Å². The summed E-state index contributed by atoms with van der Waals surface area (Å²) in [6.45, 7) is 2.11. The molecule has 0 aliphatic carbocycles. The molecule has 0 aromatic heterocycles. The van der Waals surface area contributed by atoms with Gasteiger partial charge in [-0.3, -0.25) is 0 Å². The van der Waals surface area contributed by atoms with Crippen LogP contribution in [-0.2, 0) is 11.0 Å². The number of alkyl halides is 3. The van der Waals surface area contributed by atoms with E-state index in [0.717, 1.165) is 12.1 Å². The van der Waals surface area contributed by atoms with Crippen molar-refractivity contribution in [3.05, 3.63) is 35.4 Å². The van der Waals surface area contributed by atoms with Crippen LogP contribution in [0.2, 0.25) is 0 Å². The van der Waals surface area contributed by atoms with Crippen molar-refractivity contribution in [3.8, 4) is 0 Å². The predicted molar refractivity (Wildman–Crippen MR) is 58.7 cm³/mol. The average Bonchev–Trinajstić information content (AvgIpc) is 2.28. The van der Waals surface area contributed by atoms with Crippen LogP contribution in [0.5, 0.6) is 0 Å². The standard InChI is InChI=1S/C11H13F3N2O/c1-8(16-17-6-5-15)9-3-2-4-10(7-9)11(12,13)14/h2-4,7H,5-6,15H2,1H3/b16-8+. The summed E-state index contributed by atoms with van der Waals surface area (Å²) in [5.41, 5.74) is 5.24. The minimum atomic E-state index is -4.35. The van der Waals surface area contributed by atoms with Crippen LogP contribution in [0.25, 0.3) is 0 Å². The molecule has 17 heavy (non-hydrogen) atoms. The first-order valence-electron chi connectivity index (χ1n) is 4.99. The molecule has 0 atom stereocenters. The van der Waals surface area contributed by atoms with E-state index in [-0.39, 0.29) is 6.61 Å². The van der Waals surface area contributed by atoms with Gasteiger partial charge in [0.25, 0.3) is 0 Å². The second-order valence-corrected chi connectivity index (χ2v) is 3.38. The van der Waals surface area contributed by atoms with Crippen LogP contribution in [0, 0.1) is 0 Å². The zero-order chi connectivity index (χ0) is 12.9. The largest absolute Gasteiger partial charge is 0.416 e. The summed E-state index contributed by atoms with van der Waals surface area (Å²) in [5.74, 6) is 0. The van der Waals surface area contributed by atoms with Crippen molar-refractivity contribution < 1.29 is 18.0 Å². The molecular weight excluding hydrogens is 233 g/mol. The van der Waals surface area contributed by atoms with E-state index < -0.39 is 11.7 Å². The van der Waals surface area contributed by atoms with Crippen molar-refractivity contribution in [2.24, 2.45) is 10.9 Å². The summed E-state index contributed by atoms with van der Waals surface area (Å²) < 4.78 is 37.4.